The van der Waals surface area contributed by atoms with Gasteiger partial charge in [-0.1, -0.05) is 41.5 Å². The highest BCUT2D eigenvalue weighted by molar-refractivity contribution is 5.78. The minimum atomic E-state index is -0.317. The zero-order valence-corrected chi connectivity index (χ0v) is 10.6. The quantitative estimate of drug-likeness (QED) is 0.634. The second-order valence-electron chi connectivity index (χ2n) is 6.24. The number of hydrogen-bond acceptors (Lipinski definition) is 1. The average molecular weight is 210 g/mol. The van der Waals surface area contributed by atoms with E-state index < -0.39 is 0 Å². The molecule has 2 amide bonds. The first-order valence-corrected chi connectivity index (χ1v) is 5.36. The van der Waals surface area contributed by atoms with E-state index in [4.69, 9.17) is 0 Å². The fourth-order valence-electron chi connectivity index (χ4n) is 2.50. The van der Waals surface area contributed by atoms with Crippen LogP contribution in [0.3, 0.4) is 0 Å². The maximum atomic E-state index is 11.5. The van der Waals surface area contributed by atoms with Crippen LogP contribution in [-0.2, 0) is 0 Å². The van der Waals surface area contributed by atoms with Crippen LogP contribution in [0.15, 0.2) is 12.3 Å². The monoisotopic (exact) mass is 210 g/mol. The Balaban J connectivity index is 3.26. The SMILES string of the molecule is CC(C)(C)C1(C(C)(C)C)C=CNC(=O)N1. The largest absolute Gasteiger partial charge is 0.328 e. The van der Waals surface area contributed by atoms with E-state index in [1.165, 1.54) is 0 Å². The van der Waals surface area contributed by atoms with Gasteiger partial charge in [0.25, 0.3) is 0 Å². The molecule has 0 bridgehead atoms. The normalized spacial score (nSPS) is 20.8. The highest BCUT2D eigenvalue weighted by atomic mass is 16.2. The number of hydrogen-bond donors (Lipinski definition) is 2. The number of carbonyl (C=O) groups excluding carboxylic acids is 1. The molecule has 0 aromatic carbocycles. The van der Waals surface area contributed by atoms with Gasteiger partial charge in [-0.05, 0) is 16.9 Å². The Hall–Kier alpha value is -0.990. The minimum absolute atomic E-state index is 0.0283. The first-order valence-electron chi connectivity index (χ1n) is 5.36. The van der Waals surface area contributed by atoms with Crippen molar-refractivity contribution < 1.29 is 4.79 Å². The first-order chi connectivity index (χ1) is 6.60. The fourth-order valence-corrected chi connectivity index (χ4v) is 2.50. The molecule has 0 saturated heterocycles. The predicted octanol–water partition coefficient (Wildman–Crippen LogP) is 2.64. The molecule has 1 heterocycles. The third kappa shape index (κ3) is 1.87. The van der Waals surface area contributed by atoms with Crippen LogP contribution in [0.4, 0.5) is 4.79 Å². The highest BCUT2D eigenvalue weighted by Gasteiger charge is 2.50. The molecule has 0 radical (unpaired) electrons. The van der Waals surface area contributed by atoms with Crippen molar-refractivity contribution in [1.82, 2.24) is 10.6 Å². The number of nitrogens with one attached hydrogen (secondary N) is 2. The van der Waals surface area contributed by atoms with Gasteiger partial charge in [0.05, 0.1) is 5.54 Å². The Labute approximate surface area is 92.3 Å². The zero-order valence-electron chi connectivity index (χ0n) is 10.6. The average Bonchev–Trinajstić information content (AvgIpc) is 1.99. The van der Waals surface area contributed by atoms with Crippen LogP contribution < -0.4 is 10.6 Å². The molecule has 86 valence electrons. The summed E-state index contributed by atoms with van der Waals surface area (Å²) in [5, 5.41) is 5.72. The molecule has 1 aliphatic rings. The van der Waals surface area contributed by atoms with E-state index in [0.29, 0.717) is 0 Å². The van der Waals surface area contributed by atoms with E-state index in [0.717, 1.165) is 0 Å². The number of amides is 2. The van der Waals surface area contributed by atoms with Crippen molar-refractivity contribution in [2.75, 3.05) is 0 Å². The Kier molecular flexibility index (Phi) is 2.62. The van der Waals surface area contributed by atoms with E-state index in [9.17, 15) is 4.79 Å². The predicted molar refractivity (Wildman–Crippen MR) is 62.4 cm³/mol. The van der Waals surface area contributed by atoms with Crippen molar-refractivity contribution in [2.24, 2.45) is 10.8 Å². The van der Waals surface area contributed by atoms with Gasteiger partial charge in [0, 0.05) is 6.20 Å². The van der Waals surface area contributed by atoms with Crippen LogP contribution in [0.25, 0.3) is 0 Å². The first kappa shape index (κ1) is 12.1. The van der Waals surface area contributed by atoms with E-state index >= 15 is 0 Å². The lowest BCUT2D eigenvalue weighted by Crippen LogP contribution is -2.66. The summed E-state index contributed by atoms with van der Waals surface area (Å²) in [6.45, 7) is 12.9. The molecular formula is C12H22N2O. The van der Waals surface area contributed by atoms with E-state index in [-0.39, 0.29) is 22.4 Å². The molecule has 0 aliphatic carbocycles. The molecule has 15 heavy (non-hydrogen) atoms. The molecule has 1 rings (SSSR count). The molecule has 0 saturated carbocycles. The van der Waals surface area contributed by atoms with Gasteiger partial charge in [-0.15, -0.1) is 0 Å². The maximum Gasteiger partial charge on any atom is 0.319 e. The van der Waals surface area contributed by atoms with E-state index in [2.05, 4.69) is 58.3 Å². The molecular weight excluding hydrogens is 188 g/mol. The van der Waals surface area contributed by atoms with Crippen molar-refractivity contribution in [2.45, 2.75) is 47.1 Å². The van der Waals surface area contributed by atoms with Gasteiger partial charge in [-0.2, -0.15) is 0 Å². The van der Waals surface area contributed by atoms with Gasteiger partial charge in [0.2, 0.25) is 0 Å². The van der Waals surface area contributed by atoms with Gasteiger partial charge in [-0.25, -0.2) is 4.79 Å². The highest BCUT2D eigenvalue weighted by Crippen LogP contribution is 2.45. The lowest BCUT2D eigenvalue weighted by Gasteiger charge is -2.53. The molecule has 3 nitrogen and oxygen atoms in total. The molecule has 0 aromatic heterocycles. The third-order valence-electron chi connectivity index (χ3n) is 3.22. The number of rotatable bonds is 0. The Morgan fingerprint density at radius 2 is 1.53 bits per heavy atom. The topological polar surface area (TPSA) is 41.1 Å². The van der Waals surface area contributed by atoms with Gasteiger partial charge in [-0.3, -0.25) is 0 Å². The Morgan fingerprint density at radius 1 is 1.07 bits per heavy atom. The maximum absolute atomic E-state index is 11.5. The zero-order chi connectivity index (χ0) is 11.9. The van der Waals surface area contributed by atoms with Crippen LogP contribution in [0, 0.1) is 10.8 Å². The van der Waals surface area contributed by atoms with Gasteiger partial charge in [0.1, 0.15) is 0 Å². The van der Waals surface area contributed by atoms with Crippen LogP contribution >= 0.6 is 0 Å². The minimum Gasteiger partial charge on any atom is -0.328 e. The van der Waals surface area contributed by atoms with Crippen LogP contribution in [0.2, 0.25) is 0 Å². The summed E-state index contributed by atoms with van der Waals surface area (Å²) in [6.07, 6.45) is 3.81. The van der Waals surface area contributed by atoms with Crippen molar-refractivity contribution >= 4 is 6.03 Å². The van der Waals surface area contributed by atoms with Crippen molar-refractivity contribution in [1.29, 1.82) is 0 Å². The van der Waals surface area contributed by atoms with Crippen molar-refractivity contribution in [3.05, 3.63) is 12.3 Å². The summed E-state index contributed by atoms with van der Waals surface area (Å²) in [5.74, 6) is 0. The van der Waals surface area contributed by atoms with Gasteiger partial charge in [0.15, 0.2) is 0 Å². The molecule has 2 N–H and O–H groups in total. The fraction of sp³-hybridized carbons (Fsp3) is 0.750. The van der Waals surface area contributed by atoms with Crippen molar-refractivity contribution in [3.8, 4) is 0 Å². The second kappa shape index (κ2) is 3.26. The van der Waals surface area contributed by atoms with Gasteiger partial charge >= 0.3 is 6.03 Å². The van der Waals surface area contributed by atoms with Gasteiger partial charge < -0.3 is 10.6 Å². The summed E-state index contributed by atoms with van der Waals surface area (Å²) >= 11 is 0. The number of carbonyl (C=O) groups is 1. The molecule has 0 atom stereocenters. The van der Waals surface area contributed by atoms with E-state index in [1.54, 1.807) is 6.20 Å². The summed E-state index contributed by atoms with van der Waals surface area (Å²) in [5.41, 5.74) is -0.374. The van der Waals surface area contributed by atoms with Crippen LogP contribution in [0.5, 0.6) is 0 Å². The second-order valence-corrected chi connectivity index (χ2v) is 6.24. The lowest BCUT2D eigenvalue weighted by atomic mass is 9.59. The van der Waals surface area contributed by atoms with Crippen LogP contribution in [0.1, 0.15) is 41.5 Å². The molecule has 0 fully saturated rings. The van der Waals surface area contributed by atoms with E-state index in [1.807, 2.05) is 0 Å². The summed E-state index contributed by atoms with van der Waals surface area (Å²) in [6, 6.07) is -0.123. The Bertz CT molecular complexity index is 278. The number of urea groups is 1. The molecule has 0 spiro atoms. The third-order valence-corrected chi connectivity index (χ3v) is 3.22. The Morgan fingerprint density at radius 3 is 1.80 bits per heavy atom. The summed E-state index contributed by atoms with van der Waals surface area (Å²) < 4.78 is 0. The van der Waals surface area contributed by atoms with Crippen molar-refractivity contribution in [3.63, 3.8) is 0 Å². The lowest BCUT2D eigenvalue weighted by molar-refractivity contribution is 0.0711. The molecule has 1 aliphatic heterocycles. The molecule has 0 unspecified atom stereocenters. The molecule has 0 aromatic rings. The molecule has 3 heteroatoms. The summed E-state index contributed by atoms with van der Waals surface area (Å²) in [7, 11) is 0. The standard InChI is InChI=1S/C12H22N2O/c1-10(2,3)12(11(4,5)6)7-8-13-9(15)14-12/h7-8H,1-6H3,(H2,13,14,15). The van der Waals surface area contributed by atoms with Crippen LogP contribution in [-0.4, -0.2) is 11.6 Å². The smallest absolute Gasteiger partial charge is 0.319 e. The summed E-state index contributed by atoms with van der Waals surface area (Å²) in [4.78, 5) is 11.5.